The quantitative estimate of drug-likeness (QED) is 0.776. The van der Waals surface area contributed by atoms with Gasteiger partial charge in [-0.05, 0) is 55.0 Å². The maximum absolute atomic E-state index is 12.7. The lowest BCUT2D eigenvalue weighted by molar-refractivity contribution is -0.137. The fourth-order valence-electron chi connectivity index (χ4n) is 3.46. The van der Waals surface area contributed by atoms with Crippen molar-refractivity contribution in [1.82, 2.24) is 0 Å². The predicted octanol–water partition coefficient (Wildman–Crippen LogP) is 4.14. The lowest BCUT2D eigenvalue weighted by atomic mass is 9.90. The van der Waals surface area contributed by atoms with Crippen LogP contribution < -0.4 is 0 Å². The molecule has 2 unspecified atom stereocenters. The van der Waals surface area contributed by atoms with Gasteiger partial charge in [0.15, 0.2) is 9.84 Å². The second kappa shape index (κ2) is 5.11. The van der Waals surface area contributed by atoms with E-state index in [9.17, 15) is 21.6 Å². The summed E-state index contributed by atoms with van der Waals surface area (Å²) >= 11 is 0. The van der Waals surface area contributed by atoms with Crippen LogP contribution in [0.15, 0.2) is 24.3 Å². The molecule has 2 atom stereocenters. The average Bonchev–Trinajstić information content (AvgIpc) is 2.36. The number of aryl methyl sites for hydroxylation is 1. The van der Waals surface area contributed by atoms with Crippen LogP contribution in [0.5, 0.6) is 0 Å². The molecule has 2 aliphatic heterocycles. The smallest absolute Gasteiger partial charge is 0.228 e. The first-order valence-corrected chi connectivity index (χ1v) is 8.92. The highest BCUT2D eigenvalue weighted by Gasteiger charge is 2.40. The summed E-state index contributed by atoms with van der Waals surface area (Å²) in [5, 5.41) is -0.857. The molecule has 2 bridgehead atoms. The highest BCUT2D eigenvalue weighted by Crippen LogP contribution is 2.40. The summed E-state index contributed by atoms with van der Waals surface area (Å²) in [6.07, 6.45) is -0.0437. The summed E-state index contributed by atoms with van der Waals surface area (Å²) in [7, 11) is -3.11. The van der Waals surface area contributed by atoms with Crippen LogP contribution >= 0.6 is 0 Å². The third-order valence-electron chi connectivity index (χ3n) is 4.64. The van der Waals surface area contributed by atoms with Crippen LogP contribution in [0.25, 0.3) is 5.57 Å². The molecule has 0 aliphatic carbocycles. The number of halogens is 3. The Hall–Kier alpha value is -1.30. The van der Waals surface area contributed by atoms with E-state index < -0.39 is 26.8 Å². The first-order chi connectivity index (χ1) is 10.2. The van der Waals surface area contributed by atoms with Crippen molar-refractivity contribution in [2.24, 2.45) is 0 Å². The number of fused-ring (bicyclic) bond motifs is 2. The number of hydrogen-bond donors (Lipinski definition) is 0. The normalized spacial score (nSPS) is 27.4. The number of benzene rings is 1. The van der Waals surface area contributed by atoms with Gasteiger partial charge in [0.05, 0.1) is 16.1 Å². The number of allylic oxidation sites excluding steroid dienone is 1. The van der Waals surface area contributed by atoms with E-state index in [1.54, 1.807) is 13.0 Å². The maximum atomic E-state index is 12.7. The van der Waals surface area contributed by atoms with Gasteiger partial charge in [-0.25, -0.2) is 8.42 Å². The highest BCUT2D eigenvalue weighted by molar-refractivity contribution is 7.93. The monoisotopic (exact) mass is 330 g/mol. The van der Waals surface area contributed by atoms with Gasteiger partial charge in [0.2, 0.25) is 0 Å². The summed E-state index contributed by atoms with van der Waals surface area (Å²) in [5.41, 5.74) is 1.48. The van der Waals surface area contributed by atoms with E-state index in [-0.39, 0.29) is 5.25 Å². The van der Waals surface area contributed by atoms with Gasteiger partial charge in [0.1, 0.15) is 0 Å². The minimum atomic E-state index is -4.36. The van der Waals surface area contributed by atoms with Crippen molar-refractivity contribution in [3.05, 3.63) is 41.0 Å². The molecule has 0 amide bonds. The Morgan fingerprint density at radius 2 is 1.91 bits per heavy atom. The van der Waals surface area contributed by atoms with Crippen LogP contribution in [0.2, 0.25) is 0 Å². The zero-order valence-electron chi connectivity index (χ0n) is 12.2. The number of sulfone groups is 1. The molecular weight excluding hydrogens is 313 g/mol. The van der Waals surface area contributed by atoms with Crippen molar-refractivity contribution in [3.8, 4) is 0 Å². The topological polar surface area (TPSA) is 34.1 Å². The lowest BCUT2D eigenvalue weighted by Gasteiger charge is -2.33. The van der Waals surface area contributed by atoms with E-state index in [0.717, 1.165) is 29.7 Å². The summed E-state index contributed by atoms with van der Waals surface area (Å²) in [6.45, 7) is 1.64. The third-order valence-corrected chi connectivity index (χ3v) is 7.18. The molecule has 1 aromatic carbocycles. The lowest BCUT2D eigenvalue weighted by Crippen LogP contribution is -2.38. The number of alkyl halides is 3. The molecule has 120 valence electrons. The van der Waals surface area contributed by atoms with Gasteiger partial charge in [-0.1, -0.05) is 18.6 Å². The Labute approximate surface area is 128 Å². The zero-order chi connectivity index (χ0) is 16.1. The maximum Gasteiger partial charge on any atom is 0.416 e. The Kier molecular flexibility index (Phi) is 3.62. The van der Waals surface area contributed by atoms with Crippen molar-refractivity contribution in [2.45, 2.75) is 49.3 Å². The third kappa shape index (κ3) is 2.57. The van der Waals surface area contributed by atoms with E-state index in [0.29, 0.717) is 24.8 Å². The molecule has 0 N–H and O–H groups in total. The second-order valence-electron chi connectivity index (χ2n) is 6.10. The van der Waals surface area contributed by atoms with Crippen LogP contribution in [-0.2, 0) is 16.0 Å². The molecule has 0 spiro atoms. The van der Waals surface area contributed by atoms with E-state index in [4.69, 9.17) is 0 Å². The molecular formula is C16H17F3O2S. The van der Waals surface area contributed by atoms with Crippen molar-refractivity contribution in [2.75, 3.05) is 0 Å². The largest absolute Gasteiger partial charge is 0.416 e. The molecule has 0 saturated carbocycles. The van der Waals surface area contributed by atoms with E-state index in [2.05, 4.69) is 0 Å². The van der Waals surface area contributed by atoms with Crippen molar-refractivity contribution in [1.29, 1.82) is 0 Å². The molecule has 1 fully saturated rings. The Morgan fingerprint density at radius 3 is 2.50 bits per heavy atom. The van der Waals surface area contributed by atoms with Crippen molar-refractivity contribution >= 4 is 15.4 Å². The molecule has 0 aromatic heterocycles. The number of hydrogen-bond acceptors (Lipinski definition) is 2. The Bertz CT molecular complexity index is 732. The average molecular weight is 330 g/mol. The van der Waals surface area contributed by atoms with Crippen LogP contribution in [-0.4, -0.2) is 18.9 Å². The highest BCUT2D eigenvalue weighted by atomic mass is 32.2. The molecule has 1 aromatic rings. The minimum absolute atomic E-state index is 0.382. The molecule has 22 heavy (non-hydrogen) atoms. The summed E-state index contributed by atoms with van der Waals surface area (Å²) in [4.78, 5) is 0. The van der Waals surface area contributed by atoms with E-state index in [1.807, 2.05) is 0 Å². The molecule has 6 heteroatoms. The van der Waals surface area contributed by atoms with Gasteiger partial charge in [-0.3, -0.25) is 0 Å². The van der Waals surface area contributed by atoms with Gasteiger partial charge in [-0.2, -0.15) is 13.2 Å². The first-order valence-electron chi connectivity index (χ1n) is 7.31. The van der Waals surface area contributed by atoms with E-state index in [1.165, 1.54) is 6.07 Å². The molecule has 3 rings (SSSR count). The van der Waals surface area contributed by atoms with Gasteiger partial charge in [0, 0.05) is 0 Å². The summed E-state index contributed by atoms with van der Waals surface area (Å²) in [6, 6.07) is 3.68. The Morgan fingerprint density at radius 1 is 1.18 bits per heavy atom. The molecule has 2 heterocycles. The van der Waals surface area contributed by atoms with Crippen LogP contribution in [0, 0.1) is 6.92 Å². The fourth-order valence-corrected chi connectivity index (χ4v) is 5.71. The van der Waals surface area contributed by atoms with Gasteiger partial charge in [0.25, 0.3) is 0 Å². The summed E-state index contributed by atoms with van der Waals surface area (Å²) in [5.74, 6) is 0. The molecule has 2 aliphatic rings. The van der Waals surface area contributed by atoms with Crippen molar-refractivity contribution < 1.29 is 21.6 Å². The minimum Gasteiger partial charge on any atom is -0.228 e. The summed E-state index contributed by atoms with van der Waals surface area (Å²) < 4.78 is 62.7. The van der Waals surface area contributed by atoms with E-state index >= 15 is 0 Å². The molecule has 1 saturated heterocycles. The fraction of sp³-hybridized carbons (Fsp3) is 0.500. The standard InChI is InChI=1S/C16H17F3O2S/c1-10-7-12(16(17,18)19)5-6-15(10)11-8-13-3-2-4-14(9-11)22(13,20)21/h5-8,13-14H,2-4,9H2,1H3. The second-order valence-corrected chi connectivity index (χ2v) is 8.55. The van der Waals surface area contributed by atoms with Crippen LogP contribution in [0.3, 0.4) is 0 Å². The van der Waals surface area contributed by atoms with Gasteiger partial charge >= 0.3 is 6.18 Å². The van der Waals surface area contributed by atoms with Gasteiger partial charge < -0.3 is 0 Å². The van der Waals surface area contributed by atoms with Crippen LogP contribution in [0.1, 0.15) is 42.4 Å². The van der Waals surface area contributed by atoms with Crippen molar-refractivity contribution in [3.63, 3.8) is 0 Å². The predicted molar refractivity (Wildman–Crippen MR) is 79.1 cm³/mol. The molecule has 0 radical (unpaired) electrons. The Balaban J connectivity index is 2.01. The first kappa shape index (κ1) is 15.6. The zero-order valence-corrected chi connectivity index (χ0v) is 13.0. The SMILES string of the molecule is Cc1cc(C(F)(F)F)ccc1C1=CC2CCCC(C1)S2(=O)=O. The number of rotatable bonds is 1. The van der Waals surface area contributed by atoms with Gasteiger partial charge in [-0.15, -0.1) is 0 Å². The molecule has 2 nitrogen and oxygen atoms in total. The van der Waals surface area contributed by atoms with Crippen LogP contribution in [0.4, 0.5) is 13.2 Å².